The summed E-state index contributed by atoms with van der Waals surface area (Å²) in [5, 5.41) is 15.9. The first-order valence-electron chi connectivity index (χ1n) is 8.37. The minimum absolute atomic E-state index is 0.125. The SMILES string of the molecule is CCOC(=O)C1(C(F)(F)F)C(C#N)=C(N)Nc2cc(-c3ccc(OC)cc3)nn21. The molecule has 1 aliphatic rings. The van der Waals surface area contributed by atoms with E-state index in [4.69, 9.17) is 10.5 Å². The molecule has 11 heteroatoms. The van der Waals surface area contributed by atoms with Gasteiger partial charge < -0.3 is 20.5 Å². The van der Waals surface area contributed by atoms with Gasteiger partial charge in [0.25, 0.3) is 5.54 Å². The summed E-state index contributed by atoms with van der Waals surface area (Å²) in [5.41, 5.74) is 1.72. The maximum Gasteiger partial charge on any atom is 0.429 e. The number of hydrogen-bond donors (Lipinski definition) is 2. The van der Waals surface area contributed by atoms with Gasteiger partial charge in [-0.2, -0.15) is 23.5 Å². The van der Waals surface area contributed by atoms with Crippen molar-refractivity contribution in [3.8, 4) is 23.1 Å². The Hall–Kier alpha value is -3.68. The van der Waals surface area contributed by atoms with Crippen molar-refractivity contribution in [1.29, 1.82) is 5.26 Å². The number of ether oxygens (including phenoxy) is 2. The van der Waals surface area contributed by atoms with Gasteiger partial charge in [-0.15, -0.1) is 0 Å². The van der Waals surface area contributed by atoms with E-state index in [-0.39, 0.29) is 18.1 Å². The van der Waals surface area contributed by atoms with E-state index >= 15 is 0 Å². The number of carbonyl (C=O) groups excluding carboxylic acids is 1. The van der Waals surface area contributed by atoms with Crippen molar-refractivity contribution < 1.29 is 27.4 Å². The lowest BCUT2D eigenvalue weighted by molar-refractivity contribution is -0.218. The molecule has 1 unspecified atom stereocenters. The molecule has 8 nitrogen and oxygen atoms in total. The first kappa shape index (κ1) is 20.1. The Morgan fingerprint density at radius 2 is 2.03 bits per heavy atom. The van der Waals surface area contributed by atoms with Gasteiger partial charge in [-0.1, -0.05) is 0 Å². The molecule has 29 heavy (non-hydrogen) atoms. The second-order valence-electron chi connectivity index (χ2n) is 6.01. The lowest BCUT2D eigenvalue weighted by atomic mass is 9.87. The molecule has 0 fully saturated rings. The Labute approximate surface area is 163 Å². The number of halogens is 3. The van der Waals surface area contributed by atoms with Gasteiger partial charge in [0.15, 0.2) is 0 Å². The maximum absolute atomic E-state index is 14.3. The number of nitrogens with zero attached hydrogens (tertiary/aromatic N) is 3. The smallest absolute Gasteiger partial charge is 0.429 e. The fourth-order valence-electron chi connectivity index (χ4n) is 3.07. The molecule has 0 amide bonds. The topological polar surface area (TPSA) is 115 Å². The number of nitriles is 1. The van der Waals surface area contributed by atoms with Crippen molar-refractivity contribution in [2.75, 3.05) is 19.0 Å². The molecule has 1 atom stereocenters. The number of alkyl halides is 3. The number of rotatable bonds is 4. The predicted octanol–water partition coefficient (Wildman–Crippen LogP) is 2.50. The van der Waals surface area contributed by atoms with E-state index in [1.165, 1.54) is 26.2 Å². The highest BCUT2D eigenvalue weighted by Gasteiger charge is 2.69. The Kier molecular flexibility index (Phi) is 4.88. The molecule has 0 saturated heterocycles. The van der Waals surface area contributed by atoms with E-state index in [1.54, 1.807) is 24.3 Å². The van der Waals surface area contributed by atoms with Crippen LogP contribution in [0.15, 0.2) is 41.7 Å². The number of benzene rings is 1. The van der Waals surface area contributed by atoms with Crippen LogP contribution in [-0.2, 0) is 15.1 Å². The molecule has 1 aromatic heterocycles. The zero-order valence-corrected chi connectivity index (χ0v) is 15.4. The van der Waals surface area contributed by atoms with Crippen molar-refractivity contribution in [1.82, 2.24) is 9.78 Å². The molecule has 1 aromatic carbocycles. The van der Waals surface area contributed by atoms with E-state index in [9.17, 15) is 23.2 Å². The molecule has 0 bridgehead atoms. The molecule has 1 aliphatic heterocycles. The number of aromatic nitrogens is 2. The monoisotopic (exact) mass is 407 g/mol. The largest absolute Gasteiger partial charge is 0.497 e. The minimum Gasteiger partial charge on any atom is -0.497 e. The molecule has 2 heterocycles. The summed E-state index contributed by atoms with van der Waals surface area (Å²) in [6, 6.07) is 9.08. The lowest BCUT2D eigenvalue weighted by Gasteiger charge is -2.37. The highest BCUT2D eigenvalue weighted by atomic mass is 19.4. The quantitative estimate of drug-likeness (QED) is 0.748. The average Bonchev–Trinajstić information content (AvgIpc) is 3.09. The number of nitrogens with two attached hydrogens (primary N) is 1. The van der Waals surface area contributed by atoms with Crippen molar-refractivity contribution in [3.63, 3.8) is 0 Å². The van der Waals surface area contributed by atoms with Gasteiger partial charge in [0, 0.05) is 11.6 Å². The Balaban J connectivity index is 2.27. The first-order chi connectivity index (χ1) is 13.7. The van der Waals surface area contributed by atoms with Gasteiger partial charge >= 0.3 is 12.1 Å². The molecular formula is C18H16F3N5O3. The lowest BCUT2D eigenvalue weighted by Crippen LogP contribution is -2.59. The zero-order valence-electron chi connectivity index (χ0n) is 15.4. The molecule has 152 valence electrons. The maximum atomic E-state index is 14.3. The van der Waals surface area contributed by atoms with E-state index < -0.39 is 29.1 Å². The summed E-state index contributed by atoms with van der Waals surface area (Å²) < 4.78 is 53.1. The van der Waals surface area contributed by atoms with Gasteiger partial charge in [0.05, 0.1) is 19.4 Å². The molecule has 3 N–H and O–H groups in total. The van der Waals surface area contributed by atoms with Gasteiger partial charge in [-0.05, 0) is 31.2 Å². The number of hydrogen-bond acceptors (Lipinski definition) is 7. The van der Waals surface area contributed by atoms with Gasteiger partial charge in [-0.25, -0.2) is 9.48 Å². The van der Waals surface area contributed by atoms with Gasteiger partial charge in [-0.3, -0.25) is 0 Å². The number of esters is 1. The van der Waals surface area contributed by atoms with Crippen molar-refractivity contribution in [3.05, 3.63) is 41.7 Å². The Morgan fingerprint density at radius 3 is 2.55 bits per heavy atom. The molecule has 0 radical (unpaired) electrons. The summed E-state index contributed by atoms with van der Waals surface area (Å²) in [6.07, 6.45) is -5.25. The molecule has 0 saturated carbocycles. The van der Waals surface area contributed by atoms with Crippen LogP contribution in [-0.4, -0.2) is 35.6 Å². The van der Waals surface area contributed by atoms with Crippen LogP contribution in [0.3, 0.4) is 0 Å². The highest BCUT2D eigenvalue weighted by molar-refractivity contribution is 5.88. The Bertz CT molecular complexity index is 1020. The van der Waals surface area contributed by atoms with Crippen LogP contribution in [0.4, 0.5) is 19.0 Å². The van der Waals surface area contributed by atoms with Crippen LogP contribution in [0, 0.1) is 11.3 Å². The van der Waals surface area contributed by atoms with Crippen LogP contribution in [0.25, 0.3) is 11.3 Å². The molecule has 0 aliphatic carbocycles. The number of methoxy groups -OCH3 is 1. The summed E-state index contributed by atoms with van der Waals surface area (Å²) >= 11 is 0. The number of carbonyl (C=O) groups is 1. The summed E-state index contributed by atoms with van der Waals surface area (Å²) in [6.45, 7) is 1.03. The normalized spacial score (nSPS) is 18.5. The standard InChI is InChI=1S/C18H16F3N5O3/c1-3-29-16(27)17(18(19,20)21)12(9-22)15(23)24-14-8-13(25-26(14)17)10-4-6-11(28-2)7-5-10/h4-8,24H,3,23H2,1-2H3. The van der Waals surface area contributed by atoms with E-state index in [0.717, 1.165) is 0 Å². The van der Waals surface area contributed by atoms with Crippen LogP contribution < -0.4 is 15.8 Å². The summed E-state index contributed by atoms with van der Waals surface area (Å²) in [7, 11) is 1.48. The van der Waals surface area contributed by atoms with Gasteiger partial charge in [0.1, 0.15) is 29.0 Å². The molecular weight excluding hydrogens is 391 g/mol. The third kappa shape index (κ3) is 2.93. The van der Waals surface area contributed by atoms with E-state index in [2.05, 4.69) is 15.2 Å². The Morgan fingerprint density at radius 1 is 1.38 bits per heavy atom. The van der Waals surface area contributed by atoms with Crippen LogP contribution in [0.1, 0.15) is 6.92 Å². The van der Waals surface area contributed by atoms with Crippen molar-refractivity contribution in [2.45, 2.75) is 18.6 Å². The van der Waals surface area contributed by atoms with E-state index in [0.29, 0.717) is 16.0 Å². The van der Waals surface area contributed by atoms with Gasteiger partial charge in [0.2, 0.25) is 0 Å². The third-order valence-electron chi connectivity index (χ3n) is 4.40. The van der Waals surface area contributed by atoms with Crippen LogP contribution >= 0.6 is 0 Å². The first-order valence-corrected chi connectivity index (χ1v) is 8.37. The zero-order chi connectivity index (χ0) is 21.4. The van der Waals surface area contributed by atoms with Crippen molar-refractivity contribution >= 4 is 11.8 Å². The van der Waals surface area contributed by atoms with E-state index in [1.807, 2.05) is 0 Å². The highest BCUT2D eigenvalue weighted by Crippen LogP contribution is 2.48. The summed E-state index contributed by atoms with van der Waals surface area (Å²) in [4.78, 5) is 12.6. The summed E-state index contributed by atoms with van der Waals surface area (Å²) in [5.74, 6) is -1.96. The fraction of sp³-hybridized carbons (Fsp3) is 0.278. The molecule has 2 aromatic rings. The third-order valence-corrected chi connectivity index (χ3v) is 4.40. The average molecular weight is 407 g/mol. The molecule has 3 rings (SSSR count). The molecule has 0 spiro atoms. The second-order valence-corrected chi connectivity index (χ2v) is 6.01. The number of anilines is 1. The number of fused-ring (bicyclic) bond motifs is 1. The van der Waals surface area contributed by atoms with Crippen LogP contribution in [0.5, 0.6) is 5.75 Å². The number of nitrogens with one attached hydrogen (secondary N) is 1. The van der Waals surface area contributed by atoms with Crippen LogP contribution in [0.2, 0.25) is 0 Å². The second kappa shape index (κ2) is 7.05. The fourth-order valence-corrected chi connectivity index (χ4v) is 3.07. The van der Waals surface area contributed by atoms with Crippen molar-refractivity contribution in [2.24, 2.45) is 5.73 Å². The predicted molar refractivity (Wildman–Crippen MR) is 95.3 cm³/mol. The minimum atomic E-state index is -5.25.